The van der Waals surface area contributed by atoms with Gasteiger partial charge in [-0.25, -0.2) is 0 Å². The van der Waals surface area contributed by atoms with Crippen molar-refractivity contribution in [2.24, 2.45) is 0 Å². The van der Waals surface area contributed by atoms with Gasteiger partial charge in [-0.15, -0.1) is 0 Å². The van der Waals surface area contributed by atoms with E-state index in [1.165, 1.54) is 15.6 Å². The van der Waals surface area contributed by atoms with Crippen LogP contribution in [0.4, 0.5) is 0 Å². The molecule has 0 N–H and O–H groups in total. The summed E-state index contributed by atoms with van der Waals surface area (Å²) in [6.45, 7) is 4.31. The molecule has 0 heterocycles. The third-order valence-corrected chi connectivity index (χ3v) is 3.14. The van der Waals surface area contributed by atoms with Gasteiger partial charge in [0.15, 0.2) is 0 Å². The normalized spacial score (nSPS) is 15.8. The first kappa shape index (κ1) is 17.4. The van der Waals surface area contributed by atoms with E-state index in [9.17, 15) is 0 Å². The van der Waals surface area contributed by atoms with E-state index >= 15 is 0 Å². The number of hydrogen-bond acceptors (Lipinski definition) is 4. The molecular formula is C12H28CuN2O2. The molecule has 2 unspecified atom stereocenters. The van der Waals surface area contributed by atoms with Crippen LogP contribution in [0.2, 0.25) is 0 Å². The van der Waals surface area contributed by atoms with Crippen molar-refractivity contribution in [2.45, 2.75) is 52.0 Å². The summed E-state index contributed by atoms with van der Waals surface area (Å²) in [7, 11) is 8.09. The predicted octanol–water partition coefficient (Wildman–Crippen LogP) is 2.31. The molecular weight excluding hydrogens is 268 g/mol. The van der Waals surface area contributed by atoms with Crippen molar-refractivity contribution in [3.05, 3.63) is 0 Å². The van der Waals surface area contributed by atoms with Crippen LogP contribution >= 0.6 is 0 Å². The second-order valence-electron chi connectivity index (χ2n) is 4.61. The van der Waals surface area contributed by atoms with Crippen molar-refractivity contribution in [3.8, 4) is 0 Å². The molecule has 4 nitrogen and oxygen atoms in total. The van der Waals surface area contributed by atoms with Crippen molar-refractivity contribution in [2.75, 3.05) is 28.2 Å². The van der Waals surface area contributed by atoms with Gasteiger partial charge in [0, 0.05) is 0 Å². The second-order valence-corrected chi connectivity index (χ2v) is 5.21. The first-order valence-corrected chi connectivity index (χ1v) is 7.02. The molecule has 0 aromatic rings. The van der Waals surface area contributed by atoms with E-state index in [1.807, 2.05) is 28.2 Å². The summed E-state index contributed by atoms with van der Waals surface area (Å²) < 4.78 is 11.3. The molecule has 0 amide bonds. The van der Waals surface area contributed by atoms with E-state index in [-0.39, 0.29) is 12.5 Å². The zero-order chi connectivity index (χ0) is 13.3. The van der Waals surface area contributed by atoms with Crippen LogP contribution in [-0.4, -0.2) is 50.4 Å². The summed E-state index contributed by atoms with van der Waals surface area (Å²) in [6.07, 6.45) is 4.47. The Hall–Kier alpha value is 0.359. The van der Waals surface area contributed by atoms with Crippen LogP contribution in [0.1, 0.15) is 39.5 Å². The van der Waals surface area contributed by atoms with Gasteiger partial charge < -0.3 is 0 Å². The van der Waals surface area contributed by atoms with Gasteiger partial charge in [0.2, 0.25) is 0 Å². The first-order valence-electron chi connectivity index (χ1n) is 6.25. The van der Waals surface area contributed by atoms with E-state index in [4.69, 9.17) is 7.64 Å². The molecule has 0 radical (unpaired) electrons. The Balaban J connectivity index is 3.91. The van der Waals surface area contributed by atoms with Gasteiger partial charge >= 0.3 is 113 Å². The molecule has 0 aliphatic carbocycles. The molecule has 0 aromatic carbocycles. The molecule has 0 aliphatic rings. The number of rotatable bonds is 10. The molecule has 2 atom stereocenters. The Morgan fingerprint density at radius 2 is 1.18 bits per heavy atom. The average molecular weight is 296 g/mol. The molecule has 0 rings (SSSR count). The molecule has 0 saturated heterocycles. The van der Waals surface area contributed by atoms with Crippen LogP contribution in [0.5, 0.6) is 0 Å². The van der Waals surface area contributed by atoms with Crippen molar-refractivity contribution >= 4 is 0 Å². The topological polar surface area (TPSA) is 24.9 Å². The van der Waals surface area contributed by atoms with Gasteiger partial charge in [-0.3, -0.25) is 0 Å². The molecule has 0 saturated carbocycles. The van der Waals surface area contributed by atoms with E-state index in [1.54, 1.807) is 0 Å². The Morgan fingerprint density at radius 1 is 0.824 bits per heavy atom. The zero-order valence-corrected chi connectivity index (χ0v) is 12.9. The van der Waals surface area contributed by atoms with E-state index in [2.05, 4.69) is 23.6 Å². The van der Waals surface area contributed by atoms with Gasteiger partial charge in [-0.05, 0) is 0 Å². The average Bonchev–Trinajstić information content (AvgIpc) is 2.26. The zero-order valence-electron chi connectivity index (χ0n) is 12.0. The first-order chi connectivity index (χ1) is 8.02. The Labute approximate surface area is 113 Å². The summed E-state index contributed by atoms with van der Waals surface area (Å²) in [6, 6.07) is 0. The quantitative estimate of drug-likeness (QED) is 0.456. The standard InChI is InChI=1S/2C6H14NO.Cu/c2*1-4-5-6(8)7(2)3;/h2*6H,4-5H2,1-3H3;/q2*-1;+2. The molecule has 0 aliphatic heterocycles. The summed E-state index contributed by atoms with van der Waals surface area (Å²) in [5, 5.41) is 0. The Morgan fingerprint density at radius 3 is 1.41 bits per heavy atom. The third kappa shape index (κ3) is 8.14. The van der Waals surface area contributed by atoms with Crippen LogP contribution in [0, 0.1) is 0 Å². The maximum atomic E-state index is 5.65. The van der Waals surface area contributed by atoms with E-state index < -0.39 is 0 Å². The van der Waals surface area contributed by atoms with E-state index in [0.717, 1.165) is 25.7 Å². The second kappa shape index (κ2) is 10.3. The van der Waals surface area contributed by atoms with Gasteiger partial charge in [0.25, 0.3) is 0 Å². The van der Waals surface area contributed by atoms with Crippen LogP contribution in [0.15, 0.2) is 0 Å². The van der Waals surface area contributed by atoms with Crippen LogP contribution in [0.3, 0.4) is 0 Å². The molecule has 0 bridgehead atoms. The van der Waals surface area contributed by atoms with Crippen LogP contribution < -0.4 is 0 Å². The summed E-state index contributed by atoms with van der Waals surface area (Å²) in [5.74, 6) is 0. The fourth-order valence-electron chi connectivity index (χ4n) is 1.29. The van der Waals surface area contributed by atoms with Crippen molar-refractivity contribution in [1.82, 2.24) is 9.80 Å². The predicted molar refractivity (Wildman–Crippen MR) is 66.9 cm³/mol. The van der Waals surface area contributed by atoms with Crippen LogP contribution in [-0.2, 0) is 23.3 Å². The monoisotopic (exact) mass is 295 g/mol. The third-order valence-electron chi connectivity index (χ3n) is 2.45. The number of nitrogens with zero attached hydrogens (tertiary/aromatic N) is 2. The Bertz CT molecular complexity index is 162. The van der Waals surface area contributed by atoms with Gasteiger partial charge in [-0.2, -0.15) is 0 Å². The number of hydrogen-bond donors (Lipinski definition) is 0. The molecule has 0 aromatic heterocycles. The molecule has 0 spiro atoms. The fraction of sp³-hybridized carbons (Fsp3) is 1.00. The fourth-order valence-corrected chi connectivity index (χ4v) is 2.17. The SMILES string of the molecule is CCCC([O][Cu][O]C(CCC)N(C)C)N(C)C. The molecule has 109 valence electrons. The van der Waals surface area contributed by atoms with Crippen LogP contribution in [0.25, 0.3) is 0 Å². The summed E-state index contributed by atoms with van der Waals surface area (Å²) >= 11 is 1.22. The Kier molecular flexibility index (Phi) is 10.5. The van der Waals surface area contributed by atoms with Gasteiger partial charge in [0.05, 0.1) is 0 Å². The minimum absolute atomic E-state index is 0.115. The van der Waals surface area contributed by atoms with Crippen molar-refractivity contribution < 1.29 is 23.3 Å². The molecule has 0 fully saturated rings. The molecule has 17 heavy (non-hydrogen) atoms. The van der Waals surface area contributed by atoms with Gasteiger partial charge in [-0.1, -0.05) is 0 Å². The van der Waals surface area contributed by atoms with E-state index in [0.29, 0.717) is 0 Å². The summed E-state index contributed by atoms with van der Waals surface area (Å²) in [4.78, 5) is 4.14. The summed E-state index contributed by atoms with van der Waals surface area (Å²) in [5.41, 5.74) is 0. The van der Waals surface area contributed by atoms with Gasteiger partial charge in [0.1, 0.15) is 0 Å². The minimum atomic E-state index is 0.115. The maximum absolute atomic E-state index is 5.65. The van der Waals surface area contributed by atoms with Crippen molar-refractivity contribution in [3.63, 3.8) is 0 Å². The molecule has 5 heteroatoms. The van der Waals surface area contributed by atoms with Crippen molar-refractivity contribution in [1.29, 1.82) is 0 Å².